The molecule has 1 aromatic heterocycles. The molecule has 2 aromatic carbocycles. The van der Waals surface area contributed by atoms with Gasteiger partial charge in [-0.25, -0.2) is 9.59 Å². The summed E-state index contributed by atoms with van der Waals surface area (Å²) in [6.45, 7) is 7.14. The topological polar surface area (TPSA) is 92.3 Å². The number of hydrogen-bond donors (Lipinski definition) is 0. The van der Waals surface area contributed by atoms with Crippen molar-refractivity contribution in [1.29, 1.82) is 0 Å². The monoisotopic (exact) mass is 542 g/mol. The van der Waals surface area contributed by atoms with Crippen molar-refractivity contribution in [2.24, 2.45) is 0 Å². The minimum atomic E-state index is -0.528. The summed E-state index contributed by atoms with van der Waals surface area (Å²) in [5, 5.41) is 1.79. The first-order valence-electron chi connectivity index (χ1n) is 13.4. The van der Waals surface area contributed by atoms with Crippen LogP contribution in [0.1, 0.15) is 44.7 Å². The van der Waals surface area contributed by atoms with Crippen LogP contribution in [0.5, 0.6) is 5.75 Å². The predicted octanol–water partition coefficient (Wildman–Crippen LogP) is 5.63. The van der Waals surface area contributed by atoms with E-state index in [0.717, 1.165) is 27.5 Å². The molecule has 2 aliphatic heterocycles. The Balaban J connectivity index is 1.35. The lowest BCUT2D eigenvalue weighted by Gasteiger charge is -2.34. The molecule has 2 aliphatic rings. The molecular formula is C31H34N4O5. The lowest BCUT2D eigenvalue weighted by molar-refractivity contribution is -0.129. The maximum atomic E-state index is 13.5. The Bertz CT molecular complexity index is 1480. The van der Waals surface area contributed by atoms with Crippen LogP contribution in [0.4, 0.5) is 15.3 Å². The summed E-state index contributed by atoms with van der Waals surface area (Å²) in [5.74, 6) is 0.518. The van der Waals surface area contributed by atoms with E-state index in [1.54, 1.807) is 29.3 Å². The van der Waals surface area contributed by atoms with E-state index in [1.807, 2.05) is 57.2 Å². The van der Waals surface area contributed by atoms with Crippen molar-refractivity contribution < 1.29 is 23.9 Å². The Morgan fingerprint density at radius 3 is 2.45 bits per heavy atom. The van der Waals surface area contributed by atoms with Crippen LogP contribution in [0, 0.1) is 0 Å². The van der Waals surface area contributed by atoms with Crippen molar-refractivity contribution in [3.05, 3.63) is 72.1 Å². The average molecular weight is 543 g/mol. The lowest BCUT2D eigenvalue weighted by Crippen LogP contribution is -2.52. The molecule has 0 unspecified atom stereocenters. The van der Waals surface area contributed by atoms with Crippen LogP contribution in [0.3, 0.4) is 0 Å². The smallest absolute Gasteiger partial charge is 0.410 e. The van der Waals surface area contributed by atoms with Gasteiger partial charge in [0.05, 0.1) is 25.5 Å². The van der Waals surface area contributed by atoms with E-state index in [1.165, 1.54) is 4.90 Å². The molecule has 4 amide bonds. The second-order valence-electron chi connectivity index (χ2n) is 11.0. The number of carbonyl (C=O) groups excluding carboxylic acids is 3. The Morgan fingerprint density at radius 2 is 1.77 bits per heavy atom. The van der Waals surface area contributed by atoms with Crippen LogP contribution in [0.15, 0.2) is 60.9 Å². The first-order chi connectivity index (χ1) is 19.1. The number of ether oxygens (including phenoxy) is 2. The predicted molar refractivity (Wildman–Crippen MR) is 153 cm³/mol. The minimum absolute atomic E-state index is 0.189. The van der Waals surface area contributed by atoms with Gasteiger partial charge in [-0.05, 0) is 62.1 Å². The van der Waals surface area contributed by atoms with Gasteiger partial charge in [0.1, 0.15) is 11.4 Å². The second kappa shape index (κ2) is 11.0. The number of methoxy groups -OCH3 is 1. The molecule has 0 bridgehead atoms. The second-order valence-corrected chi connectivity index (χ2v) is 11.0. The highest BCUT2D eigenvalue weighted by Gasteiger charge is 2.34. The third-order valence-corrected chi connectivity index (χ3v) is 7.07. The van der Waals surface area contributed by atoms with Gasteiger partial charge in [0.15, 0.2) is 0 Å². The lowest BCUT2D eigenvalue weighted by atomic mass is 9.97. The van der Waals surface area contributed by atoms with E-state index in [-0.39, 0.29) is 31.0 Å². The van der Waals surface area contributed by atoms with E-state index < -0.39 is 5.60 Å². The number of hydrogen-bond acceptors (Lipinski definition) is 6. The van der Waals surface area contributed by atoms with Crippen LogP contribution >= 0.6 is 0 Å². The van der Waals surface area contributed by atoms with E-state index in [4.69, 9.17) is 9.47 Å². The van der Waals surface area contributed by atoms with Crippen molar-refractivity contribution in [1.82, 2.24) is 14.8 Å². The van der Waals surface area contributed by atoms with Gasteiger partial charge in [0.25, 0.3) is 0 Å². The molecule has 0 N–H and O–H groups in total. The molecule has 0 aliphatic carbocycles. The van der Waals surface area contributed by atoms with E-state index in [0.29, 0.717) is 37.5 Å². The highest BCUT2D eigenvalue weighted by molar-refractivity contribution is 6.09. The number of pyridine rings is 1. The number of urea groups is 1. The molecular weight excluding hydrogens is 508 g/mol. The van der Waals surface area contributed by atoms with Gasteiger partial charge in [-0.15, -0.1) is 0 Å². The Morgan fingerprint density at radius 1 is 1.00 bits per heavy atom. The zero-order valence-corrected chi connectivity index (χ0v) is 23.3. The molecule has 9 heteroatoms. The Hall–Kier alpha value is -4.40. The number of aromatic nitrogens is 1. The van der Waals surface area contributed by atoms with Crippen LogP contribution in [-0.2, 0) is 16.1 Å². The van der Waals surface area contributed by atoms with E-state index >= 15 is 0 Å². The van der Waals surface area contributed by atoms with E-state index in [2.05, 4.69) is 17.1 Å². The number of rotatable bonds is 5. The molecule has 40 heavy (non-hydrogen) atoms. The van der Waals surface area contributed by atoms with Crippen LogP contribution in [0.2, 0.25) is 0 Å². The number of fused-ring (bicyclic) bond motifs is 1. The first-order valence-corrected chi connectivity index (χ1v) is 13.4. The number of imide groups is 1. The third kappa shape index (κ3) is 5.78. The number of benzene rings is 2. The summed E-state index contributed by atoms with van der Waals surface area (Å²) < 4.78 is 10.7. The quantitative estimate of drug-likeness (QED) is 0.415. The highest BCUT2D eigenvalue weighted by atomic mass is 16.6. The van der Waals surface area contributed by atoms with Gasteiger partial charge >= 0.3 is 12.1 Å². The normalized spacial score (nSPS) is 16.3. The summed E-state index contributed by atoms with van der Waals surface area (Å²) >= 11 is 0. The molecule has 0 saturated carbocycles. The SMILES string of the molecule is COc1ccc(CN2C(=O)CCN(c3cncc4cc(C5=CCN(C(=O)OC(C)(C)C)CC5)ccc34)C2=O)cc1. The highest BCUT2D eigenvalue weighted by Crippen LogP contribution is 2.32. The summed E-state index contributed by atoms with van der Waals surface area (Å²) in [6, 6.07) is 13.1. The number of nitrogens with zero attached hydrogens (tertiary/aromatic N) is 4. The van der Waals surface area contributed by atoms with E-state index in [9.17, 15) is 14.4 Å². The molecule has 1 saturated heterocycles. The van der Waals surface area contributed by atoms with Gasteiger partial charge in [-0.1, -0.05) is 30.3 Å². The van der Waals surface area contributed by atoms with Crippen LogP contribution < -0.4 is 9.64 Å². The molecule has 0 atom stereocenters. The summed E-state index contributed by atoms with van der Waals surface area (Å²) in [6.07, 6.45) is 6.17. The van der Waals surface area contributed by atoms with Crippen molar-refractivity contribution in [2.45, 2.75) is 45.8 Å². The first kappa shape index (κ1) is 27.2. The van der Waals surface area contributed by atoms with Crippen LogP contribution in [0.25, 0.3) is 16.3 Å². The molecule has 5 rings (SSSR count). The number of anilines is 1. The third-order valence-electron chi connectivity index (χ3n) is 7.07. The zero-order valence-electron chi connectivity index (χ0n) is 23.3. The van der Waals surface area contributed by atoms with Crippen LogP contribution in [-0.4, -0.2) is 65.2 Å². The minimum Gasteiger partial charge on any atom is -0.497 e. The van der Waals surface area contributed by atoms with Gasteiger partial charge in [0.2, 0.25) is 5.91 Å². The van der Waals surface area contributed by atoms with Gasteiger partial charge < -0.3 is 14.4 Å². The molecule has 3 aromatic rings. The largest absolute Gasteiger partial charge is 0.497 e. The Kier molecular flexibility index (Phi) is 7.47. The number of amides is 4. The molecule has 1 fully saturated rings. The average Bonchev–Trinajstić information content (AvgIpc) is 2.94. The summed E-state index contributed by atoms with van der Waals surface area (Å²) in [4.78, 5) is 47.7. The molecule has 9 nitrogen and oxygen atoms in total. The zero-order chi connectivity index (χ0) is 28.4. The van der Waals surface area contributed by atoms with Crippen molar-refractivity contribution in [3.8, 4) is 5.75 Å². The maximum Gasteiger partial charge on any atom is 0.410 e. The maximum absolute atomic E-state index is 13.5. The summed E-state index contributed by atoms with van der Waals surface area (Å²) in [5.41, 5.74) is 3.19. The molecule has 0 spiro atoms. The Labute approximate surface area is 234 Å². The molecule has 208 valence electrons. The fraction of sp³-hybridized carbons (Fsp3) is 0.355. The number of carbonyl (C=O) groups is 3. The summed E-state index contributed by atoms with van der Waals surface area (Å²) in [7, 11) is 1.60. The van der Waals surface area contributed by atoms with Gasteiger partial charge in [0, 0.05) is 43.0 Å². The standard InChI is InChI=1S/C31H34N4O5/c1-31(2,3)40-30(38)33-14-11-22(12-15-33)23-7-10-26-24(17-23)18-32-19-27(26)34-16-13-28(36)35(29(34)37)20-21-5-8-25(39-4)9-6-21/h5-11,17-19H,12-16,20H2,1-4H3. The fourth-order valence-corrected chi connectivity index (χ4v) is 4.98. The van der Waals surface area contributed by atoms with Gasteiger partial charge in [-0.3, -0.25) is 19.6 Å². The van der Waals surface area contributed by atoms with Crippen molar-refractivity contribution >= 4 is 40.1 Å². The fourth-order valence-electron chi connectivity index (χ4n) is 4.98. The molecule has 0 radical (unpaired) electrons. The van der Waals surface area contributed by atoms with Crippen molar-refractivity contribution in [2.75, 3.05) is 31.6 Å². The van der Waals surface area contributed by atoms with Crippen molar-refractivity contribution in [3.63, 3.8) is 0 Å². The molecule has 3 heterocycles. The van der Waals surface area contributed by atoms with Gasteiger partial charge in [-0.2, -0.15) is 0 Å².